The van der Waals surface area contributed by atoms with E-state index in [1.54, 1.807) is 12.1 Å². The molecule has 2 aromatic carbocycles. The Bertz CT molecular complexity index is 921. The maximum Gasteiger partial charge on any atom is 0.119 e. The lowest BCUT2D eigenvalue weighted by Gasteiger charge is -2.40. The molecule has 4 N–H and O–H groups in total. The minimum Gasteiger partial charge on any atom is -0.493 e. The Labute approximate surface area is 199 Å². The summed E-state index contributed by atoms with van der Waals surface area (Å²) in [5.41, 5.74) is 2.87. The molecule has 1 heterocycles. The lowest BCUT2D eigenvalue weighted by molar-refractivity contribution is -0.231. The summed E-state index contributed by atoms with van der Waals surface area (Å²) in [5.74, 6) is 0.861. The van der Waals surface area contributed by atoms with E-state index in [1.165, 1.54) is 19.3 Å². The number of aliphatic hydroxyl groups is 4. The third-order valence-electron chi connectivity index (χ3n) is 7.32. The van der Waals surface area contributed by atoms with Crippen LogP contribution in [0.5, 0.6) is 5.75 Å². The molecule has 0 aromatic heterocycles. The fraction of sp³-hybridized carbons (Fsp3) is 0.538. The van der Waals surface area contributed by atoms with Crippen LogP contribution in [0, 0.1) is 5.41 Å². The van der Waals surface area contributed by atoms with E-state index >= 15 is 0 Å². The zero-order chi connectivity index (χ0) is 23.6. The fourth-order valence-corrected chi connectivity index (χ4v) is 4.91. The second-order valence-electron chi connectivity index (χ2n) is 9.42. The van der Waals surface area contributed by atoms with Crippen LogP contribution in [0.4, 0.5) is 0 Å². The molecule has 0 bridgehead atoms. The van der Waals surface area contributed by atoms with Gasteiger partial charge in [0.05, 0.1) is 13.2 Å². The van der Waals surface area contributed by atoms with Gasteiger partial charge in [-0.25, -0.2) is 0 Å². The normalized spacial score (nSPS) is 28.8. The molecule has 6 nitrogen and oxygen atoms in total. The van der Waals surface area contributed by atoms with Crippen LogP contribution in [-0.4, -0.2) is 58.1 Å². The summed E-state index contributed by atoms with van der Waals surface area (Å²) >= 11 is 6.44. The van der Waals surface area contributed by atoms with Gasteiger partial charge in [-0.3, -0.25) is 0 Å². The van der Waals surface area contributed by atoms with Crippen LogP contribution in [0.3, 0.4) is 0 Å². The number of hydrogen-bond donors (Lipinski definition) is 4. The summed E-state index contributed by atoms with van der Waals surface area (Å²) in [7, 11) is 0. The molecule has 7 heteroatoms. The molecule has 1 aliphatic heterocycles. The number of aliphatic hydroxyl groups excluding tert-OH is 4. The smallest absolute Gasteiger partial charge is 0.119 e. The monoisotopic (exact) mass is 476 g/mol. The second kappa shape index (κ2) is 10.3. The van der Waals surface area contributed by atoms with E-state index in [4.69, 9.17) is 21.1 Å². The molecule has 2 aliphatic rings. The van der Waals surface area contributed by atoms with Gasteiger partial charge in [0.1, 0.15) is 36.3 Å². The van der Waals surface area contributed by atoms with Crippen molar-refractivity contribution in [1.82, 2.24) is 0 Å². The van der Waals surface area contributed by atoms with E-state index in [9.17, 15) is 20.4 Å². The van der Waals surface area contributed by atoms with Crippen molar-refractivity contribution < 1.29 is 29.9 Å². The zero-order valence-corrected chi connectivity index (χ0v) is 19.6. The number of rotatable bonds is 8. The summed E-state index contributed by atoms with van der Waals surface area (Å²) in [6.45, 7) is 2.53. The van der Waals surface area contributed by atoms with E-state index in [0.29, 0.717) is 22.4 Å². The average molecular weight is 477 g/mol. The van der Waals surface area contributed by atoms with Gasteiger partial charge in [-0.05, 0) is 60.6 Å². The SMILES string of the molecule is CCC1(COc2ccc(Cc3cc([C@@H]4O[C@H](CO)C(O)C(O)[C@H]4O)ccc3Cl)cc2)CCC1. The van der Waals surface area contributed by atoms with Crippen molar-refractivity contribution in [1.29, 1.82) is 0 Å². The Hall–Kier alpha value is -1.67. The van der Waals surface area contributed by atoms with E-state index in [-0.39, 0.29) is 0 Å². The fourth-order valence-electron chi connectivity index (χ4n) is 4.72. The number of halogens is 1. The van der Waals surface area contributed by atoms with Gasteiger partial charge in [0.15, 0.2) is 0 Å². The Morgan fingerprint density at radius 1 is 1.03 bits per heavy atom. The largest absolute Gasteiger partial charge is 0.493 e. The minimum absolute atomic E-state index is 0.344. The van der Waals surface area contributed by atoms with Crippen molar-refractivity contribution in [2.45, 2.75) is 69.5 Å². The molecule has 4 rings (SSSR count). The molecule has 33 heavy (non-hydrogen) atoms. The molecule has 1 saturated carbocycles. The molecule has 1 saturated heterocycles. The van der Waals surface area contributed by atoms with Crippen molar-refractivity contribution in [2.75, 3.05) is 13.2 Å². The molecular weight excluding hydrogens is 444 g/mol. The van der Waals surface area contributed by atoms with Gasteiger partial charge >= 0.3 is 0 Å². The molecule has 180 valence electrons. The van der Waals surface area contributed by atoms with Crippen molar-refractivity contribution in [3.8, 4) is 5.75 Å². The first-order chi connectivity index (χ1) is 15.9. The number of ether oxygens (including phenoxy) is 2. The highest BCUT2D eigenvalue weighted by molar-refractivity contribution is 6.31. The van der Waals surface area contributed by atoms with Gasteiger partial charge in [-0.15, -0.1) is 0 Å². The third-order valence-corrected chi connectivity index (χ3v) is 7.69. The van der Waals surface area contributed by atoms with Gasteiger partial charge in [-0.2, -0.15) is 0 Å². The molecule has 0 amide bonds. The first-order valence-electron chi connectivity index (χ1n) is 11.7. The molecule has 5 atom stereocenters. The summed E-state index contributed by atoms with van der Waals surface area (Å²) in [6, 6.07) is 13.3. The molecule has 0 spiro atoms. The van der Waals surface area contributed by atoms with Gasteiger partial charge in [-0.1, -0.05) is 49.2 Å². The van der Waals surface area contributed by atoms with Crippen molar-refractivity contribution >= 4 is 11.6 Å². The minimum atomic E-state index is -1.42. The Morgan fingerprint density at radius 2 is 1.76 bits per heavy atom. The Kier molecular flexibility index (Phi) is 7.63. The van der Waals surface area contributed by atoms with Gasteiger partial charge in [0, 0.05) is 10.4 Å². The first kappa shape index (κ1) is 24.5. The molecule has 1 aliphatic carbocycles. The first-order valence-corrected chi connectivity index (χ1v) is 12.0. The number of benzene rings is 2. The van der Waals surface area contributed by atoms with Crippen LogP contribution in [0.25, 0.3) is 0 Å². The van der Waals surface area contributed by atoms with Crippen LogP contribution in [0.15, 0.2) is 42.5 Å². The van der Waals surface area contributed by atoms with Gasteiger partial charge < -0.3 is 29.9 Å². The predicted molar refractivity (Wildman–Crippen MR) is 125 cm³/mol. The average Bonchev–Trinajstić information content (AvgIpc) is 2.80. The molecule has 0 radical (unpaired) electrons. The predicted octanol–water partition coefficient (Wildman–Crippen LogP) is 3.40. The molecular formula is C26H33ClO6. The van der Waals surface area contributed by atoms with Crippen LogP contribution in [0.2, 0.25) is 5.02 Å². The topological polar surface area (TPSA) is 99.4 Å². The third kappa shape index (κ3) is 5.21. The van der Waals surface area contributed by atoms with E-state index in [0.717, 1.165) is 29.9 Å². The van der Waals surface area contributed by atoms with Crippen molar-refractivity contribution in [2.24, 2.45) is 5.41 Å². The van der Waals surface area contributed by atoms with Crippen molar-refractivity contribution in [3.63, 3.8) is 0 Å². The highest BCUT2D eigenvalue weighted by Gasteiger charge is 2.44. The summed E-state index contributed by atoms with van der Waals surface area (Å²) < 4.78 is 11.7. The maximum absolute atomic E-state index is 10.4. The maximum atomic E-state index is 10.4. The molecule has 2 unspecified atom stereocenters. The molecule has 2 aromatic rings. The van der Waals surface area contributed by atoms with E-state index in [1.807, 2.05) is 30.3 Å². The summed E-state index contributed by atoms with van der Waals surface area (Å²) in [5, 5.41) is 40.6. The summed E-state index contributed by atoms with van der Waals surface area (Å²) in [4.78, 5) is 0. The van der Waals surface area contributed by atoms with Crippen LogP contribution >= 0.6 is 11.6 Å². The second-order valence-corrected chi connectivity index (χ2v) is 9.82. The van der Waals surface area contributed by atoms with Gasteiger partial charge in [0.2, 0.25) is 0 Å². The Morgan fingerprint density at radius 3 is 2.36 bits per heavy atom. The quantitative estimate of drug-likeness (QED) is 0.466. The van der Waals surface area contributed by atoms with E-state index in [2.05, 4.69) is 6.92 Å². The van der Waals surface area contributed by atoms with Crippen LogP contribution < -0.4 is 4.74 Å². The summed E-state index contributed by atoms with van der Waals surface area (Å²) in [6.07, 6.45) is -0.469. The highest BCUT2D eigenvalue weighted by Crippen LogP contribution is 2.44. The lowest BCUT2D eigenvalue weighted by atomic mass is 9.68. The van der Waals surface area contributed by atoms with Crippen LogP contribution in [0.1, 0.15) is 55.4 Å². The standard InChI is InChI=1S/C26H33ClO6/c1-2-26(10-3-11-26)15-32-19-7-4-16(5-8-19)12-18-13-17(6-9-20(18)27)25-24(31)23(30)22(29)21(14-28)33-25/h4-9,13,21-25,28-31H,2-3,10-12,14-15H2,1H3/t21-,22?,23?,24-,25+/m1/s1. The van der Waals surface area contributed by atoms with E-state index < -0.39 is 37.1 Å². The van der Waals surface area contributed by atoms with Crippen LogP contribution in [-0.2, 0) is 11.2 Å². The van der Waals surface area contributed by atoms with Crippen molar-refractivity contribution in [3.05, 3.63) is 64.2 Å². The molecule has 2 fully saturated rings. The Balaban J connectivity index is 1.45. The number of hydrogen-bond acceptors (Lipinski definition) is 6. The van der Waals surface area contributed by atoms with Gasteiger partial charge in [0.25, 0.3) is 0 Å². The lowest BCUT2D eigenvalue weighted by Crippen LogP contribution is -2.55. The zero-order valence-electron chi connectivity index (χ0n) is 18.9. The highest BCUT2D eigenvalue weighted by atomic mass is 35.5.